The molecule has 0 bridgehead atoms. The van der Waals surface area contributed by atoms with E-state index >= 15 is 0 Å². The predicted octanol–water partition coefficient (Wildman–Crippen LogP) is 3.43. The summed E-state index contributed by atoms with van der Waals surface area (Å²) in [5.41, 5.74) is 2.38. The number of thioether (sulfide) groups is 1. The number of aryl methyl sites for hydroxylation is 1. The van der Waals surface area contributed by atoms with E-state index in [1.54, 1.807) is 0 Å². The average molecular weight is 334 g/mol. The van der Waals surface area contributed by atoms with E-state index in [1.807, 2.05) is 13.0 Å². The highest BCUT2D eigenvalue weighted by molar-refractivity contribution is 8.01. The van der Waals surface area contributed by atoms with Crippen LogP contribution < -0.4 is 5.32 Å². The average Bonchev–Trinajstić information content (AvgIpc) is 3.03. The van der Waals surface area contributed by atoms with Gasteiger partial charge in [-0.2, -0.15) is 5.26 Å². The molecule has 22 heavy (non-hydrogen) atoms. The molecule has 1 aliphatic rings. The van der Waals surface area contributed by atoms with Crippen LogP contribution in [0.5, 0.6) is 0 Å². The number of rotatable bonds is 4. The molecule has 0 aromatic carbocycles. The van der Waals surface area contributed by atoms with Crippen LogP contribution in [0.25, 0.3) is 0 Å². The van der Waals surface area contributed by atoms with Gasteiger partial charge >= 0.3 is 0 Å². The summed E-state index contributed by atoms with van der Waals surface area (Å²) in [6, 6.07) is 2.09. The van der Waals surface area contributed by atoms with Gasteiger partial charge in [0, 0.05) is 16.7 Å². The van der Waals surface area contributed by atoms with E-state index in [9.17, 15) is 4.79 Å². The maximum Gasteiger partial charge on any atom is 0.255 e. The Bertz CT molecular complexity index is 689. The van der Waals surface area contributed by atoms with Crippen LogP contribution in [0.3, 0.4) is 0 Å². The molecule has 0 atom stereocenters. The Kier molecular flexibility index (Phi) is 5.04. The third-order valence-corrected chi connectivity index (χ3v) is 5.34. The summed E-state index contributed by atoms with van der Waals surface area (Å²) < 4.78 is 0.962. The minimum Gasteiger partial charge on any atom is -0.298 e. The molecule has 116 valence electrons. The normalized spacial score (nSPS) is 14.3. The number of hydrogen-bond donors (Lipinski definition) is 1. The fourth-order valence-electron chi connectivity index (χ4n) is 1.86. The van der Waals surface area contributed by atoms with Gasteiger partial charge in [0.05, 0.1) is 28.3 Å². The summed E-state index contributed by atoms with van der Waals surface area (Å²) in [5, 5.41) is 12.0. The smallest absolute Gasteiger partial charge is 0.255 e. The first-order valence-electron chi connectivity index (χ1n) is 6.85. The molecule has 0 spiro atoms. The van der Waals surface area contributed by atoms with Crippen LogP contribution in [0.15, 0.2) is 20.9 Å². The molecule has 0 aliphatic carbocycles. The topological polar surface area (TPSA) is 78.1 Å². The minimum absolute atomic E-state index is 0.0547. The Labute approximate surface area is 138 Å². The third kappa shape index (κ3) is 3.96. The van der Waals surface area contributed by atoms with Gasteiger partial charge in [0.2, 0.25) is 0 Å². The van der Waals surface area contributed by atoms with Gasteiger partial charge in [-0.1, -0.05) is 43.9 Å². The van der Waals surface area contributed by atoms with Gasteiger partial charge in [-0.15, -0.1) is 0 Å². The molecular weight excluding hydrogens is 316 g/mol. The lowest BCUT2D eigenvalue weighted by atomic mass is 9.90. The van der Waals surface area contributed by atoms with E-state index in [4.69, 9.17) is 5.26 Å². The van der Waals surface area contributed by atoms with Crippen molar-refractivity contribution >= 4 is 39.8 Å². The quantitative estimate of drug-likeness (QED) is 0.856. The number of thiazole rings is 1. The molecular formula is C15H18N4OS2. The van der Waals surface area contributed by atoms with E-state index in [1.165, 1.54) is 23.1 Å². The Hall–Kier alpha value is -1.65. The number of allylic oxidation sites excluding steroid dienone is 1. The van der Waals surface area contributed by atoms with Crippen molar-refractivity contribution in [1.29, 1.82) is 5.26 Å². The van der Waals surface area contributed by atoms with Crippen molar-refractivity contribution < 1.29 is 4.79 Å². The van der Waals surface area contributed by atoms with Crippen LogP contribution in [0.1, 0.15) is 26.5 Å². The standard InChI is InChI=1S/C15H18N4OS2/c1-9-13(21-6-5-16)22-14(18-9)19-12(20)10-7-11(17-8-10)15(2,3)4/h7H,6,8H2,1-4H3,(H,18,19,20). The third-order valence-electron chi connectivity index (χ3n) is 3.03. The lowest BCUT2D eigenvalue weighted by Crippen LogP contribution is -2.17. The van der Waals surface area contributed by atoms with E-state index in [0.717, 1.165) is 15.6 Å². The molecule has 0 unspecified atom stereocenters. The number of aromatic nitrogens is 1. The molecule has 1 aliphatic heterocycles. The highest BCUT2D eigenvalue weighted by Crippen LogP contribution is 2.32. The monoisotopic (exact) mass is 334 g/mol. The number of nitrogens with one attached hydrogen (secondary N) is 1. The van der Waals surface area contributed by atoms with Gasteiger partial charge in [-0.05, 0) is 13.0 Å². The minimum atomic E-state index is -0.159. The molecule has 2 rings (SSSR count). The van der Waals surface area contributed by atoms with Gasteiger partial charge in [0.1, 0.15) is 0 Å². The summed E-state index contributed by atoms with van der Waals surface area (Å²) in [6.45, 7) is 8.52. The second kappa shape index (κ2) is 6.63. The van der Waals surface area contributed by atoms with E-state index < -0.39 is 0 Å². The molecule has 0 radical (unpaired) electrons. The maximum absolute atomic E-state index is 12.3. The van der Waals surface area contributed by atoms with Gasteiger partial charge < -0.3 is 0 Å². The number of carbonyl (C=O) groups is 1. The van der Waals surface area contributed by atoms with Crippen molar-refractivity contribution in [3.8, 4) is 6.07 Å². The van der Waals surface area contributed by atoms with Crippen LogP contribution >= 0.6 is 23.1 Å². The Morgan fingerprint density at radius 3 is 2.86 bits per heavy atom. The van der Waals surface area contributed by atoms with Crippen LogP contribution in [-0.4, -0.2) is 28.9 Å². The molecule has 1 aromatic rings. The zero-order chi connectivity index (χ0) is 16.3. The summed E-state index contributed by atoms with van der Waals surface area (Å²) in [5.74, 6) is 0.221. The summed E-state index contributed by atoms with van der Waals surface area (Å²) >= 11 is 2.83. The maximum atomic E-state index is 12.3. The zero-order valence-electron chi connectivity index (χ0n) is 13.1. The number of nitriles is 1. The molecule has 5 nitrogen and oxygen atoms in total. The second-order valence-electron chi connectivity index (χ2n) is 5.91. The van der Waals surface area contributed by atoms with Crippen molar-refractivity contribution in [1.82, 2.24) is 4.98 Å². The van der Waals surface area contributed by atoms with Crippen molar-refractivity contribution in [2.45, 2.75) is 31.9 Å². The Morgan fingerprint density at radius 2 is 2.27 bits per heavy atom. The van der Waals surface area contributed by atoms with Crippen LogP contribution in [0.4, 0.5) is 5.13 Å². The van der Waals surface area contributed by atoms with Gasteiger partial charge in [-0.3, -0.25) is 15.1 Å². The second-order valence-corrected chi connectivity index (χ2v) is 8.16. The van der Waals surface area contributed by atoms with Gasteiger partial charge in [0.25, 0.3) is 5.91 Å². The van der Waals surface area contributed by atoms with Gasteiger partial charge in [0.15, 0.2) is 5.13 Å². The lowest BCUT2D eigenvalue weighted by molar-refractivity contribution is -0.112. The van der Waals surface area contributed by atoms with Crippen molar-refractivity contribution in [2.75, 3.05) is 17.6 Å². The molecule has 1 N–H and O–H groups in total. The Morgan fingerprint density at radius 1 is 1.55 bits per heavy atom. The molecule has 7 heteroatoms. The number of amides is 1. The molecule has 1 amide bonds. The first kappa shape index (κ1) is 16.7. The zero-order valence-corrected chi connectivity index (χ0v) is 14.7. The highest BCUT2D eigenvalue weighted by Gasteiger charge is 2.24. The van der Waals surface area contributed by atoms with Crippen LogP contribution in [0, 0.1) is 23.7 Å². The lowest BCUT2D eigenvalue weighted by Gasteiger charge is -2.16. The SMILES string of the molecule is Cc1nc(NC(=O)C2=CC(C(C)(C)C)=NC2)sc1SCC#N. The summed E-state index contributed by atoms with van der Waals surface area (Å²) in [4.78, 5) is 21.0. The van der Waals surface area contributed by atoms with Crippen molar-refractivity contribution in [2.24, 2.45) is 10.4 Å². The summed E-state index contributed by atoms with van der Waals surface area (Å²) in [7, 11) is 0. The molecule has 0 fully saturated rings. The first-order valence-corrected chi connectivity index (χ1v) is 8.65. The predicted molar refractivity (Wildman–Crippen MR) is 91.7 cm³/mol. The molecule has 0 saturated carbocycles. The molecule has 1 aromatic heterocycles. The number of aliphatic imine (C=N–C) groups is 1. The van der Waals surface area contributed by atoms with Crippen LogP contribution in [-0.2, 0) is 4.79 Å². The van der Waals surface area contributed by atoms with Crippen LogP contribution in [0.2, 0.25) is 0 Å². The molecule has 0 saturated heterocycles. The fraction of sp³-hybridized carbons (Fsp3) is 0.467. The summed E-state index contributed by atoms with van der Waals surface area (Å²) in [6.07, 6.45) is 1.86. The first-order chi connectivity index (χ1) is 10.3. The fourth-order valence-corrected chi connectivity index (χ4v) is 3.66. The van der Waals surface area contributed by atoms with Crippen molar-refractivity contribution in [3.05, 3.63) is 17.3 Å². The highest BCUT2D eigenvalue weighted by atomic mass is 32.2. The number of nitrogens with zero attached hydrogens (tertiary/aromatic N) is 3. The number of hydrogen-bond acceptors (Lipinski definition) is 6. The Balaban J connectivity index is 2.04. The molecule has 2 heterocycles. The number of carbonyl (C=O) groups excluding carboxylic acids is 1. The van der Waals surface area contributed by atoms with E-state index in [-0.39, 0.29) is 11.3 Å². The van der Waals surface area contributed by atoms with E-state index in [0.29, 0.717) is 23.0 Å². The van der Waals surface area contributed by atoms with Gasteiger partial charge in [-0.25, -0.2) is 4.98 Å². The van der Waals surface area contributed by atoms with E-state index in [2.05, 4.69) is 42.1 Å². The largest absolute Gasteiger partial charge is 0.298 e. The number of anilines is 1. The van der Waals surface area contributed by atoms with Crippen molar-refractivity contribution in [3.63, 3.8) is 0 Å².